The van der Waals surface area contributed by atoms with Crippen LogP contribution in [0.3, 0.4) is 0 Å². The van der Waals surface area contributed by atoms with Gasteiger partial charge in [-0.05, 0) is 37.1 Å². The minimum atomic E-state index is 0.396. The summed E-state index contributed by atoms with van der Waals surface area (Å²) < 4.78 is 2.10. The van der Waals surface area contributed by atoms with Crippen molar-refractivity contribution in [3.8, 4) is 0 Å². The van der Waals surface area contributed by atoms with Crippen molar-refractivity contribution in [3.05, 3.63) is 11.1 Å². The molecule has 1 saturated carbocycles. The van der Waals surface area contributed by atoms with Crippen LogP contribution in [-0.4, -0.2) is 26.3 Å². The highest BCUT2D eigenvalue weighted by molar-refractivity contribution is 7.99. The van der Waals surface area contributed by atoms with E-state index in [0.29, 0.717) is 17.2 Å². The van der Waals surface area contributed by atoms with Crippen molar-refractivity contribution in [2.24, 2.45) is 0 Å². The van der Waals surface area contributed by atoms with Crippen LogP contribution in [0.15, 0.2) is 0 Å². The molecule has 1 atom stereocenters. The molecule has 84 valence electrons. The van der Waals surface area contributed by atoms with Crippen LogP contribution in [-0.2, 0) is 0 Å². The fourth-order valence-electron chi connectivity index (χ4n) is 1.67. The van der Waals surface area contributed by atoms with Crippen LogP contribution >= 0.6 is 23.4 Å². The molecule has 0 saturated heterocycles. The molecule has 0 aromatic carbocycles. The topological polar surface area (TPSA) is 30.7 Å². The summed E-state index contributed by atoms with van der Waals surface area (Å²) in [6, 6.07) is 0.396. The Balaban J connectivity index is 2.13. The molecule has 3 nitrogen and oxygen atoms in total. The van der Waals surface area contributed by atoms with Crippen LogP contribution in [0.5, 0.6) is 0 Å². The summed E-state index contributed by atoms with van der Waals surface area (Å²) in [6.07, 6.45) is 2.48. The van der Waals surface area contributed by atoms with Crippen LogP contribution < -0.4 is 0 Å². The van der Waals surface area contributed by atoms with Gasteiger partial charge in [-0.2, -0.15) is 11.8 Å². The molecule has 0 radical (unpaired) electrons. The Morgan fingerprint density at radius 1 is 1.53 bits per heavy atom. The molecule has 0 N–H and O–H groups in total. The summed E-state index contributed by atoms with van der Waals surface area (Å²) in [6.45, 7) is 4.36. The standard InChI is InChI=1S/C10H16ClN3S/c1-3-15-6-7(2)14-9(8-4-5-8)12-13-10(14)11/h7-8H,3-6H2,1-2H3. The number of aromatic nitrogens is 3. The molecule has 1 unspecified atom stereocenters. The number of rotatable bonds is 5. The van der Waals surface area contributed by atoms with E-state index in [1.807, 2.05) is 11.8 Å². The lowest BCUT2D eigenvalue weighted by molar-refractivity contribution is 0.577. The number of hydrogen-bond acceptors (Lipinski definition) is 3. The first-order valence-corrected chi connectivity index (χ1v) is 6.95. The number of nitrogens with zero attached hydrogens (tertiary/aromatic N) is 3. The van der Waals surface area contributed by atoms with Gasteiger partial charge in [0.25, 0.3) is 0 Å². The normalized spacial score (nSPS) is 18.1. The molecular weight excluding hydrogens is 230 g/mol. The van der Waals surface area contributed by atoms with Gasteiger partial charge >= 0.3 is 0 Å². The quantitative estimate of drug-likeness (QED) is 0.799. The van der Waals surface area contributed by atoms with Crippen LogP contribution in [0.1, 0.15) is 44.5 Å². The van der Waals surface area contributed by atoms with E-state index in [0.717, 1.165) is 17.3 Å². The third-order valence-electron chi connectivity index (χ3n) is 2.63. The van der Waals surface area contributed by atoms with Crippen LogP contribution in [0.2, 0.25) is 5.28 Å². The third-order valence-corrected chi connectivity index (χ3v) is 4.01. The predicted molar refractivity (Wildman–Crippen MR) is 64.7 cm³/mol. The van der Waals surface area contributed by atoms with E-state index in [1.54, 1.807) is 0 Å². The molecule has 2 rings (SSSR count). The largest absolute Gasteiger partial charge is 0.298 e. The molecule has 0 spiro atoms. The summed E-state index contributed by atoms with van der Waals surface area (Å²) in [4.78, 5) is 0. The van der Waals surface area contributed by atoms with E-state index >= 15 is 0 Å². The molecule has 0 bridgehead atoms. The van der Waals surface area contributed by atoms with Gasteiger partial charge in [0.05, 0.1) is 0 Å². The molecule has 1 aromatic heterocycles. The van der Waals surface area contributed by atoms with Crippen LogP contribution in [0.25, 0.3) is 0 Å². The van der Waals surface area contributed by atoms with E-state index in [-0.39, 0.29) is 0 Å². The second-order valence-corrected chi connectivity index (χ2v) is 5.64. The lowest BCUT2D eigenvalue weighted by Gasteiger charge is -2.15. The summed E-state index contributed by atoms with van der Waals surface area (Å²) >= 11 is 8.00. The molecule has 1 fully saturated rings. The Morgan fingerprint density at radius 3 is 2.87 bits per heavy atom. The lowest BCUT2D eigenvalue weighted by Crippen LogP contribution is -2.11. The van der Waals surface area contributed by atoms with E-state index in [2.05, 4.69) is 28.6 Å². The maximum absolute atomic E-state index is 6.07. The highest BCUT2D eigenvalue weighted by atomic mass is 35.5. The molecule has 1 aliphatic carbocycles. The molecule has 1 aromatic rings. The smallest absolute Gasteiger partial charge is 0.225 e. The van der Waals surface area contributed by atoms with Crippen molar-refractivity contribution in [1.82, 2.24) is 14.8 Å². The van der Waals surface area contributed by atoms with Gasteiger partial charge in [0.1, 0.15) is 5.82 Å². The Kier molecular flexibility index (Phi) is 3.57. The van der Waals surface area contributed by atoms with Crippen molar-refractivity contribution in [3.63, 3.8) is 0 Å². The van der Waals surface area contributed by atoms with E-state index in [4.69, 9.17) is 11.6 Å². The van der Waals surface area contributed by atoms with Crippen molar-refractivity contribution >= 4 is 23.4 Å². The molecule has 5 heteroatoms. The van der Waals surface area contributed by atoms with Gasteiger partial charge in [0, 0.05) is 17.7 Å². The van der Waals surface area contributed by atoms with Gasteiger partial charge < -0.3 is 0 Å². The zero-order valence-corrected chi connectivity index (χ0v) is 10.7. The zero-order valence-electron chi connectivity index (χ0n) is 9.11. The maximum atomic E-state index is 6.07. The van der Waals surface area contributed by atoms with Gasteiger partial charge in [-0.25, -0.2) is 0 Å². The van der Waals surface area contributed by atoms with Crippen molar-refractivity contribution in [1.29, 1.82) is 0 Å². The minimum Gasteiger partial charge on any atom is -0.298 e. The fourth-order valence-corrected chi connectivity index (χ4v) is 2.69. The van der Waals surface area contributed by atoms with E-state index in [1.165, 1.54) is 12.8 Å². The van der Waals surface area contributed by atoms with Crippen molar-refractivity contribution < 1.29 is 0 Å². The van der Waals surface area contributed by atoms with Gasteiger partial charge in [0.2, 0.25) is 5.28 Å². The second-order valence-electron chi connectivity index (χ2n) is 3.98. The monoisotopic (exact) mass is 245 g/mol. The summed E-state index contributed by atoms with van der Waals surface area (Å²) in [5, 5.41) is 8.70. The predicted octanol–water partition coefficient (Wildman–Crippen LogP) is 3.12. The average Bonchev–Trinajstić information content (AvgIpc) is 2.99. The third kappa shape index (κ3) is 2.48. The van der Waals surface area contributed by atoms with Crippen LogP contribution in [0, 0.1) is 0 Å². The summed E-state index contributed by atoms with van der Waals surface area (Å²) in [7, 11) is 0. The molecule has 0 aliphatic heterocycles. The first kappa shape index (κ1) is 11.3. The number of halogens is 1. The average molecular weight is 246 g/mol. The Morgan fingerprint density at radius 2 is 2.27 bits per heavy atom. The zero-order chi connectivity index (χ0) is 10.8. The van der Waals surface area contributed by atoms with Gasteiger partial charge in [-0.3, -0.25) is 4.57 Å². The Labute approximate surface area is 99.6 Å². The molecule has 0 amide bonds. The summed E-state index contributed by atoms with van der Waals surface area (Å²) in [5.41, 5.74) is 0. The minimum absolute atomic E-state index is 0.396. The SMILES string of the molecule is CCSCC(C)n1c(Cl)nnc1C1CC1. The number of hydrogen-bond donors (Lipinski definition) is 0. The van der Waals surface area contributed by atoms with Gasteiger partial charge in [-0.15, -0.1) is 10.2 Å². The van der Waals surface area contributed by atoms with Crippen LogP contribution in [0.4, 0.5) is 0 Å². The van der Waals surface area contributed by atoms with Gasteiger partial charge in [0.15, 0.2) is 0 Å². The van der Waals surface area contributed by atoms with Crippen molar-refractivity contribution in [2.45, 2.75) is 38.6 Å². The first-order valence-electron chi connectivity index (χ1n) is 5.42. The van der Waals surface area contributed by atoms with E-state index in [9.17, 15) is 0 Å². The first-order chi connectivity index (χ1) is 7.24. The molecule has 1 aliphatic rings. The number of thioether (sulfide) groups is 1. The molecule has 1 heterocycles. The maximum Gasteiger partial charge on any atom is 0.225 e. The van der Waals surface area contributed by atoms with Crippen molar-refractivity contribution in [2.75, 3.05) is 11.5 Å². The molecular formula is C10H16ClN3S. The fraction of sp³-hybridized carbons (Fsp3) is 0.800. The second kappa shape index (κ2) is 4.74. The summed E-state index contributed by atoms with van der Waals surface area (Å²) in [5.74, 6) is 3.92. The Bertz CT molecular complexity index is 335. The lowest BCUT2D eigenvalue weighted by atomic mass is 10.3. The van der Waals surface area contributed by atoms with Gasteiger partial charge in [-0.1, -0.05) is 6.92 Å². The highest BCUT2D eigenvalue weighted by Crippen LogP contribution is 2.40. The highest BCUT2D eigenvalue weighted by Gasteiger charge is 2.31. The Hall–Kier alpha value is -0.220. The molecule has 15 heavy (non-hydrogen) atoms. The van der Waals surface area contributed by atoms with E-state index < -0.39 is 0 Å².